The van der Waals surface area contributed by atoms with Crippen molar-refractivity contribution in [2.45, 2.75) is 11.3 Å². The van der Waals surface area contributed by atoms with Crippen LogP contribution >= 0.6 is 0 Å². The van der Waals surface area contributed by atoms with Gasteiger partial charge in [0.2, 0.25) is 5.76 Å². The van der Waals surface area contributed by atoms with Crippen LogP contribution in [0.4, 0.5) is 13.2 Å². The minimum atomic E-state index is -3.77. The molecule has 0 aliphatic rings. The largest absolute Gasteiger partial charge is 0.354 e. The summed E-state index contributed by atoms with van der Waals surface area (Å²) in [6, 6.07) is 11.6. The first kappa shape index (κ1) is 17.2. The first-order chi connectivity index (χ1) is 11.8. The van der Waals surface area contributed by atoms with Crippen LogP contribution in [-0.2, 0) is 9.84 Å². The van der Waals surface area contributed by atoms with Gasteiger partial charge in [0.1, 0.15) is 16.4 Å². The van der Waals surface area contributed by atoms with Crippen LogP contribution in [0.3, 0.4) is 0 Å². The quantitative estimate of drug-likeness (QED) is 0.682. The molecule has 2 aromatic carbocycles. The molecule has 8 heteroatoms. The monoisotopic (exact) mass is 367 g/mol. The maximum atomic E-state index is 14.2. The highest BCUT2D eigenvalue weighted by atomic mass is 32.2. The van der Waals surface area contributed by atoms with Crippen molar-refractivity contribution in [1.82, 2.24) is 5.16 Å². The third-order valence-electron chi connectivity index (χ3n) is 3.58. The van der Waals surface area contributed by atoms with Gasteiger partial charge in [-0.1, -0.05) is 41.6 Å². The Hall–Kier alpha value is -2.61. The summed E-state index contributed by atoms with van der Waals surface area (Å²) in [5.74, 6) is -1.73. The molecule has 0 aliphatic heterocycles. The average Bonchev–Trinajstić information content (AvgIpc) is 2.99. The summed E-state index contributed by atoms with van der Waals surface area (Å²) in [6.07, 6.45) is -2.09. The second-order valence-corrected chi connectivity index (χ2v) is 7.34. The molecule has 0 spiro atoms. The zero-order valence-electron chi connectivity index (χ0n) is 12.9. The maximum Gasteiger partial charge on any atom is 0.298 e. The van der Waals surface area contributed by atoms with Crippen LogP contribution in [-0.4, -0.2) is 19.8 Å². The van der Waals surface area contributed by atoms with Gasteiger partial charge in [-0.25, -0.2) is 21.6 Å². The summed E-state index contributed by atoms with van der Waals surface area (Å²) in [4.78, 5) is -0.507. The number of aromatic nitrogens is 1. The van der Waals surface area contributed by atoms with Crippen LogP contribution in [0.5, 0.6) is 0 Å². The van der Waals surface area contributed by atoms with E-state index in [9.17, 15) is 21.6 Å². The fourth-order valence-electron chi connectivity index (χ4n) is 2.48. The molecule has 0 saturated carbocycles. The first-order valence-electron chi connectivity index (χ1n) is 7.12. The summed E-state index contributed by atoms with van der Waals surface area (Å²) < 4.78 is 68.6. The van der Waals surface area contributed by atoms with Gasteiger partial charge in [-0.05, 0) is 17.7 Å². The molecule has 3 aromatic rings. The summed E-state index contributed by atoms with van der Waals surface area (Å²) in [7, 11) is -3.77. The molecule has 0 aliphatic carbocycles. The third-order valence-corrected chi connectivity index (χ3v) is 4.71. The van der Waals surface area contributed by atoms with E-state index in [1.54, 1.807) is 30.3 Å². The summed E-state index contributed by atoms with van der Waals surface area (Å²) >= 11 is 0. The van der Waals surface area contributed by atoms with Crippen molar-refractivity contribution >= 4 is 9.84 Å². The number of alkyl halides is 2. The van der Waals surface area contributed by atoms with E-state index < -0.39 is 32.7 Å². The van der Waals surface area contributed by atoms with E-state index in [-0.39, 0.29) is 16.8 Å². The fraction of sp³-hybridized carbons (Fsp3) is 0.118. The molecule has 0 fully saturated rings. The lowest BCUT2D eigenvalue weighted by Crippen LogP contribution is -2.01. The van der Waals surface area contributed by atoms with Crippen molar-refractivity contribution in [3.63, 3.8) is 0 Å². The highest BCUT2D eigenvalue weighted by molar-refractivity contribution is 7.90. The Balaban J connectivity index is 2.23. The van der Waals surface area contributed by atoms with E-state index >= 15 is 0 Å². The number of nitrogens with zero attached hydrogens (tertiary/aromatic N) is 1. The Morgan fingerprint density at radius 2 is 1.72 bits per heavy atom. The van der Waals surface area contributed by atoms with Crippen LogP contribution < -0.4 is 0 Å². The molecule has 0 saturated heterocycles. The van der Waals surface area contributed by atoms with Crippen LogP contribution in [0.15, 0.2) is 57.9 Å². The van der Waals surface area contributed by atoms with Crippen molar-refractivity contribution < 1.29 is 26.1 Å². The zero-order chi connectivity index (χ0) is 18.2. The Kier molecular flexibility index (Phi) is 4.38. The van der Waals surface area contributed by atoms with Crippen molar-refractivity contribution in [2.24, 2.45) is 0 Å². The van der Waals surface area contributed by atoms with Crippen molar-refractivity contribution in [3.8, 4) is 22.4 Å². The van der Waals surface area contributed by atoms with Crippen molar-refractivity contribution in [3.05, 3.63) is 60.1 Å². The topological polar surface area (TPSA) is 60.2 Å². The lowest BCUT2D eigenvalue weighted by atomic mass is 9.99. The van der Waals surface area contributed by atoms with E-state index in [0.717, 1.165) is 18.4 Å². The second kappa shape index (κ2) is 6.36. The predicted molar refractivity (Wildman–Crippen MR) is 85.4 cm³/mol. The van der Waals surface area contributed by atoms with Gasteiger partial charge in [-0.15, -0.1) is 0 Å². The molecule has 0 unspecified atom stereocenters. The molecule has 4 nitrogen and oxygen atoms in total. The fourth-order valence-corrected chi connectivity index (χ4v) is 3.21. The predicted octanol–water partition coefficient (Wildman–Crippen LogP) is 4.49. The van der Waals surface area contributed by atoms with Crippen LogP contribution in [0, 0.1) is 5.82 Å². The van der Waals surface area contributed by atoms with Gasteiger partial charge >= 0.3 is 0 Å². The Labute approximate surface area is 141 Å². The Bertz CT molecular complexity index is 1010. The maximum absolute atomic E-state index is 14.2. The van der Waals surface area contributed by atoms with Crippen LogP contribution in [0.2, 0.25) is 0 Å². The number of hydrogen-bond donors (Lipinski definition) is 0. The SMILES string of the molecule is CS(=O)(=O)c1ccc(-c2c(-c3ccccc3)noc2C(F)F)cc1F. The Morgan fingerprint density at radius 3 is 2.28 bits per heavy atom. The molecule has 25 heavy (non-hydrogen) atoms. The zero-order valence-corrected chi connectivity index (χ0v) is 13.7. The molecule has 0 radical (unpaired) electrons. The normalized spacial score (nSPS) is 11.9. The van der Waals surface area contributed by atoms with Gasteiger partial charge in [0.25, 0.3) is 6.43 Å². The number of halogens is 3. The smallest absolute Gasteiger partial charge is 0.298 e. The van der Waals surface area contributed by atoms with E-state index in [0.29, 0.717) is 5.56 Å². The summed E-state index contributed by atoms with van der Waals surface area (Å²) in [5, 5.41) is 3.69. The summed E-state index contributed by atoms with van der Waals surface area (Å²) in [6.45, 7) is 0. The van der Waals surface area contributed by atoms with Crippen molar-refractivity contribution in [2.75, 3.05) is 6.26 Å². The van der Waals surface area contributed by atoms with E-state index in [2.05, 4.69) is 5.16 Å². The molecule has 130 valence electrons. The third kappa shape index (κ3) is 3.30. The minimum Gasteiger partial charge on any atom is -0.354 e. The van der Waals surface area contributed by atoms with E-state index in [4.69, 9.17) is 4.52 Å². The van der Waals surface area contributed by atoms with Crippen molar-refractivity contribution in [1.29, 1.82) is 0 Å². The van der Waals surface area contributed by atoms with E-state index in [1.807, 2.05) is 0 Å². The van der Waals surface area contributed by atoms with Gasteiger partial charge in [0.15, 0.2) is 9.84 Å². The first-order valence-corrected chi connectivity index (χ1v) is 9.01. The lowest BCUT2D eigenvalue weighted by Gasteiger charge is -2.07. The average molecular weight is 367 g/mol. The number of benzene rings is 2. The highest BCUT2D eigenvalue weighted by Crippen LogP contribution is 2.39. The van der Waals surface area contributed by atoms with Gasteiger partial charge in [-0.3, -0.25) is 0 Å². The molecular formula is C17H12F3NO3S. The molecule has 0 amide bonds. The van der Waals surface area contributed by atoms with E-state index in [1.165, 1.54) is 6.07 Å². The van der Waals surface area contributed by atoms with Gasteiger partial charge in [-0.2, -0.15) is 0 Å². The molecule has 1 heterocycles. The number of sulfone groups is 1. The molecule has 0 N–H and O–H groups in total. The molecule has 0 atom stereocenters. The summed E-state index contributed by atoms with van der Waals surface area (Å²) in [5.41, 5.74) is 0.628. The van der Waals surface area contributed by atoms with Crippen LogP contribution in [0.1, 0.15) is 12.2 Å². The molecular weight excluding hydrogens is 355 g/mol. The Morgan fingerprint density at radius 1 is 1.04 bits per heavy atom. The number of rotatable bonds is 4. The minimum absolute atomic E-state index is 0.0558. The lowest BCUT2D eigenvalue weighted by molar-refractivity contribution is 0.113. The highest BCUT2D eigenvalue weighted by Gasteiger charge is 2.26. The van der Waals surface area contributed by atoms with Gasteiger partial charge < -0.3 is 4.52 Å². The second-order valence-electron chi connectivity index (χ2n) is 5.35. The number of hydrogen-bond acceptors (Lipinski definition) is 4. The van der Waals surface area contributed by atoms with Gasteiger partial charge in [0, 0.05) is 11.8 Å². The van der Waals surface area contributed by atoms with Gasteiger partial charge in [0.05, 0.1) is 5.56 Å². The standard InChI is InChI=1S/C17H12F3NO3S/c1-25(22,23)13-8-7-11(9-12(13)18)14-15(10-5-3-2-4-6-10)21-24-16(14)17(19)20/h2-9,17H,1H3. The molecule has 3 rings (SSSR count). The molecule has 1 aromatic heterocycles. The molecule has 0 bridgehead atoms. The van der Waals surface area contributed by atoms with Crippen LogP contribution in [0.25, 0.3) is 22.4 Å².